The molecule has 1 fully saturated rings. The Morgan fingerprint density at radius 1 is 1.18 bits per heavy atom. The van der Waals surface area contributed by atoms with Crippen molar-refractivity contribution in [2.75, 3.05) is 37.4 Å². The first-order chi connectivity index (χ1) is 18.7. The highest BCUT2D eigenvalue weighted by Gasteiger charge is 2.30. The molecule has 1 aromatic heterocycles. The van der Waals surface area contributed by atoms with Gasteiger partial charge in [0, 0.05) is 41.5 Å². The van der Waals surface area contributed by atoms with Crippen molar-refractivity contribution >= 4 is 40.1 Å². The third-order valence-corrected chi connectivity index (χ3v) is 7.21. The molecule has 4 rings (SSSR count). The zero-order valence-electron chi connectivity index (χ0n) is 21.9. The molecular weight excluding hydrogens is 527 g/mol. The summed E-state index contributed by atoms with van der Waals surface area (Å²) in [6.45, 7) is 2.25. The molecule has 39 heavy (non-hydrogen) atoms. The molecule has 2 aromatic carbocycles. The number of benzene rings is 2. The number of aromatic nitrogens is 1. The van der Waals surface area contributed by atoms with Gasteiger partial charge < -0.3 is 24.8 Å². The van der Waals surface area contributed by atoms with Gasteiger partial charge in [-0.3, -0.25) is 9.93 Å². The number of rotatable bonds is 8. The summed E-state index contributed by atoms with van der Waals surface area (Å²) in [7, 11) is 1.55. The lowest BCUT2D eigenvalue weighted by molar-refractivity contribution is -0.140. The number of halogens is 3. The number of alkyl halides is 3. The van der Waals surface area contributed by atoms with Crippen molar-refractivity contribution in [2.24, 2.45) is 5.14 Å². The predicted octanol–water partition coefficient (Wildman–Crippen LogP) is 5.45. The van der Waals surface area contributed by atoms with Crippen LogP contribution in [0.4, 0.5) is 24.5 Å². The Morgan fingerprint density at radius 2 is 1.95 bits per heavy atom. The van der Waals surface area contributed by atoms with Crippen LogP contribution < -0.4 is 20.5 Å². The Labute approximate surface area is 230 Å². The second kappa shape index (κ2) is 12.6. The number of carbonyl (C=O) groups excluding carboxylic acids is 1. The number of carbonyl (C=O) groups is 1. The summed E-state index contributed by atoms with van der Waals surface area (Å²) in [6.07, 6.45) is -2.37. The zero-order chi connectivity index (χ0) is 28.0. The van der Waals surface area contributed by atoms with Crippen molar-refractivity contribution in [3.05, 3.63) is 48.2 Å². The number of hydrogen-bond acceptors (Lipinski definition) is 6. The molecule has 4 N–H and O–H groups in total. The minimum atomic E-state index is -4.40. The minimum absolute atomic E-state index is 0.125. The third kappa shape index (κ3) is 7.13. The summed E-state index contributed by atoms with van der Waals surface area (Å²) < 4.78 is 47.2. The van der Waals surface area contributed by atoms with E-state index in [9.17, 15) is 18.0 Å². The first kappa shape index (κ1) is 28.5. The maximum absolute atomic E-state index is 13.5. The maximum atomic E-state index is 13.5. The van der Waals surface area contributed by atoms with Crippen LogP contribution >= 0.6 is 11.9 Å². The normalized spacial score (nSPS) is 14.2. The van der Waals surface area contributed by atoms with E-state index in [2.05, 4.69) is 22.5 Å². The molecule has 0 aliphatic carbocycles. The number of amides is 1. The van der Waals surface area contributed by atoms with Crippen molar-refractivity contribution in [1.82, 2.24) is 9.47 Å². The number of fused-ring (bicyclic) bond motifs is 1. The van der Waals surface area contributed by atoms with Crippen molar-refractivity contribution in [2.45, 2.75) is 49.8 Å². The highest BCUT2D eigenvalue weighted by molar-refractivity contribution is 7.97. The van der Waals surface area contributed by atoms with Gasteiger partial charge >= 0.3 is 6.18 Å². The summed E-state index contributed by atoms with van der Waals surface area (Å²) in [4.78, 5) is 14.7. The average molecular weight is 560 g/mol. The monoisotopic (exact) mass is 559 g/mol. The number of ether oxygens (including phenoxy) is 1. The quantitative estimate of drug-likeness (QED) is 0.251. The van der Waals surface area contributed by atoms with Gasteiger partial charge in [0.25, 0.3) is 0 Å². The van der Waals surface area contributed by atoms with Gasteiger partial charge in [0.2, 0.25) is 5.91 Å². The van der Waals surface area contributed by atoms with Crippen LogP contribution in [0.5, 0.6) is 5.75 Å². The van der Waals surface area contributed by atoms with Gasteiger partial charge in [-0.25, -0.2) is 0 Å². The lowest BCUT2D eigenvalue weighted by Gasteiger charge is -2.33. The van der Waals surface area contributed by atoms with E-state index in [4.69, 9.17) is 9.88 Å². The number of anilines is 2. The van der Waals surface area contributed by atoms with Crippen LogP contribution in [-0.4, -0.2) is 54.3 Å². The highest BCUT2D eigenvalue weighted by Crippen LogP contribution is 2.32. The lowest BCUT2D eigenvalue weighted by Crippen LogP contribution is -2.42. The van der Waals surface area contributed by atoms with Crippen molar-refractivity contribution in [1.29, 1.82) is 0 Å². The number of likely N-dealkylation sites (tertiary alicyclic amines) is 1. The van der Waals surface area contributed by atoms with Crippen molar-refractivity contribution in [3.8, 4) is 17.6 Å². The molecule has 0 bridgehead atoms. The zero-order valence-corrected chi connectivity index (χ0v) is 22.7. The second-order valence-electron chi connectivity index (χ2n) is 9.26. The summed E-state index contributed by atoms with van der Waals surface area (Å²) >= 11 is 1.10. The van der Waals surface area contributed by atoms with Crippen LogP contribution in [0.2, 0.25) is 0 Å². The number of hydrogen-bond donors (Lipinski definition) is 3. The molecule has 11 heteroatoms. The first-order valence-corrected chi connectivity index (χ1v) is 13.6. The van der Waals surface area contributed by atoms with Gasteiger partial charge in [0.1, 0.15) is 12.3 Å². The van der Waals surface area contributed by atoms with E-state index >= 15 is 0 Å². The van der Waals surface area contributed by atoms with E-state index in [0.717, 1.165) is 35.4 Å². The molecule has 1 amide bonds. The maximum Gasteiger partial charge on any atom is 0.406 e. The fraction of sp³-hybridized carbons (Fsp3) is 0.393. The Hall–Kier alpha value is -3.49. The standard InChI is InChI=1S/C28H32F3N5O2S/c1-3-27(37)35-14-11-19(12-15-35)34-23-7-4-8-25-22(23)16-20(36(25)18-28(29,30)31)6-5-13-33-24-10-9-21(39-32)17-26(24)38-2/h4,7-10,16-17,19,33-34H,3,11-15,18,32H2,1-2H3. The highest BCUT2D eigenvalue weighted by atomic mass is 32.2. The molecule has 7 nitrogen and oxygen atoms in total. The minimum Gasteiger partial charge on any atom is -0.495 e. The summed E-state index contributed by atoms with van der Waals surface area (Å²) in [5.41, 5.74) is 2.21. The van der Waals surface area contributed by atoms with Crippen LogP contribution in [0.1, 0.15) is 31.9 Å². The van der Waals surface area contributed by atoms with E-state index in [-0.39, 0.29) is 24.2 Å². The number of piperidine rings is 1. The molecule has 2 heterocycles. The first-order valence-electron chi connectivity index (χ1n) is 12.7. The number of nitrogens with zero attached hydrogens (tertiary/aromatic N) is 2. The summed E-state index contributed by atoms with van der Waals surface area (Å²) in [5.74, 6) is 6.61. The van der Waals surface area contributed by atoms with Gasteiger partial charge in [-0.15, -0.1) is 0 Å². The molecule has 0 saturated carbocycles. The fourth-order valence-electron chi connectivity index (χ4n) is 4.75. The van der Waals surface area contributed by atoms with Crippen LogP contribution in [0.3, 0.4) is 0 Å². The Morgan fingerprint density at radius 3 is 2.62 bits per heavy atom. The van der Waals surface area contributed by atoms with Gasteiger partial charge in [0.15, 0.2) is 0 Å². The average Bonchev–Trinajstić information content (AvgIpc) is 3.27. The van der Waals surface area contributed by atoms with E-state index in [1.54, 1.807) is 31.4 Å². The van der Waals surface area contributed by atoms with E-state index < -0.39 is 12.7 Å². The van der Waals surface area contributed by atoms with Gasteiger partial charge in [-0.1, -0.05) is 18.9 Å². The number of nitrogens with one attached hydrogen (secondary N) is 2. The molecule has 208 valence electrons. The van der Waals surface area contributed by atoms with Crippen molar-refractivity contribution in [3.63, 3.8) is 0 Å². The third-order valence-electron chi connectivity index (χ3n) is 6.69. The number of nitrogens with two attached hydrogens (primary N) is 1. The van der Waals surface area contributed by atoms with Crippen LogP contribution in [0.15, 0.2) is 47.4 Å². The molecule has 0 radical (unpaired) electrons. The second-order valence-corrected chi connectivity index (χ2v) is 9.96. The Balaban J connectivity index is 1.55. The fourth-order valence-corrected chi connectivity index (χ4v) is 5.07. The number of methoxy groups -OCH3 is 1. The SMILES string of the molecule is CCC(=O)N1CCC(Nc2cccc3c2cc(C#CCNc2ccc(SN)cc2OC)n3CC(F)(F)F)CC1. The summed E-state index contributed by atoms with van der Waals surface area (Å²) in [6, 6.07) is 12.6. The molecule has 0 atom stereocenters. The molecule has 0 unspecified atom stereocenters. The van der Waals surface area contributed by atoms with Crippen LogP contribution in [0, 0.1) is 11.8 Å². The molecule has 0 spiro atoms. The molecule has 1 aliphatic rings. The van der Waals surface area contributed by atoms with E-state index in [1.807, 2.05) is 30.0 Å². The lowest BCUT2D eigenvalue weighted by atomic mass is 10.0. The predicted molar refractivity (Wildman–Crippen MR) is 150 cm³/mol. The molecule has 1 aliphatic heterocycles. The Kier molecular flexibility index (Phi) is 9.20. The van der Waals surface area contributed by atoms with Gasteiger partial charge in [-0.05, 0) is 67.1 Å². The van der Waals surface area contributed by atoms with Crippen LogP contribution in [-0.2, 0) is 11.3 Å². The molecule has 1 saturated heterocycles. The summed E-state index contributed by atoms with van der Waals surface area (Å²) in [5, 5.41) is 12.9. The van der Waals surface area contributed by atoms with Gasteiger partial charge in [0.05, 0.1) is 30.6 Å². The van der Waals surface area contributed by atoms with Crippen LogP contribution in [0.25, 0.3) is 10.9 Å². The molecular formula is C28H32F3N5O2S. The van der Waals surface area contributed by atoms with Crippen molar-refractivity contribution < 1.29 is 22.7 Å². The smallest absolute Gasteiger partial charge is 0.406 e. The largest absolute Gasteiger partial charge is 0.495 e. The van der Waals surface area contributed by atoms with E-state index in [1.165, 1.54) is 4.57 Å². The Bertz CT molecular complexity index is 1370. The van der Waals surface area contributed by atoms with E-state index in [0.29, 0.717) is 41.9 Å². The molecule has 3 aromatic rings. The topological polar surface area (TPSA) is 84.6 Å². The van der Waals surface area contributed by atoms with Gasteiger partial charge in [-0.2, -0.15) is 13.2 Å².